The minimum absolute atomic E-state index is 0.0214. The molecule has 1 aromatic carbocycles. The standard InChI is InChI=1S/C14H18N4O2/c1-11(9-18-7-3-6-16-18)17-14(19)10-20-13-5-2-4-12(15)8-13/h2-8,11H,9-10,15H2,1H3,(H,17,19). The summed E-state index contributed by atoms with van der Waals surface area (Å²) in [6.45, 7) is 2.50. The van der Waals surface area contributed by atoms with E-state index >= 15 is 0 Å². The van der Waals surface area contributed by atoms with Crippen molar-refractivity contribution in [2.45, 2.75) is 19.5 Å². The first-order valence-electron chi connectivity index (χ1n) is 6.38. The molecule has 20 heavy (non-hydrogen) atoms. The van der Waals surface area contributed by atoms with Gasteiger partial charge in [0.15, 0.2) is 6.61 Å². The summed E-state index contributed by atoms with van der Waals surface area (Å²) in [4.78, 5) is 11.7. The van der Waals surface area contributed by atoms with Gasteiger partial charge in [-0.15, -0.1) is 0 Å². The molecule has 0 fully saturated rings. The lowest BCUT2D eigenvalue weighted by atomic mass is 10.3. The number of amides is 1. The summed E-state index contributed by atoms with van der Waals surface area (Å²) in [5.74, 6) is 0.409. The highest BCUT2D eigenvalue weighted by molar-refractivity contribution is 5.77. The normalized spacial score (nSPS) is 11.8. The zero-order valence-electron chi connectivity index (χ0n) is 11.3. The highest BCUT2D eigenvalue weighted by Gasteiger charge is 2.08. The fourth-order valence-electron chi connectivity index (χ4n) is 1.80. The second kappa shape index (κ2) is 6.60. The average molecular weight is 274 g/mol. The second-order valence-electron chi connectivity index (χ2n) is 4.56. The van der Waals surface area contributed by atoms with Crippen molar-refractivity contribution in [2.24, 2.45) is 0 Å². The molecule has 1 aromatic heterocycles. The van der Waals surface area contributed by atoms with Crippen molar-refractivity contribution < 1.29 is 9.53 Å². The van der Waals surface area contributed by atoms with E-state index < -0.39 is 0 Å². The van der Waals surface area contributed by atoms with Gasteiger partial charge in [-0.1, -0.05) is 6.07 Å². The number of benzene rings is 1. The molecule has 1 unspecified atom stereocenters. The fourth-order valence-corrected chi connectivity index (χ4v) is 1.80. The number of nitrogens with two attached hydrogens (primary N) is 1. The molecule has 3 N–H and O–H groups in total. The molecule has 6 nitrogen and oxygen atoms in total. The highest BCUT2D eigenvalue weighted by atomic mass is 16.5. The number of anilines is 1. The number of aromatic nitrogens is 2. The molecular weight excluding hydrogens is 256 g/mol. The van der Waals surface area contributed by atoms with Gasteiger partial charge in [0.05, 0.1) is 6.54 Å². The van der Waals surface area contributed by atoms with E-state index in [1.54, 1.807) is 35.1 Å². The Bertz CT molecular complexity index is 554. The lowest BCUT2D eigenvalue weighted by molar-refractivity contribution is -0.123. The first-order chi connectivity index (χ1) is 9.63. The number of carbonyl (C=O) groups excluding carboxylic acids is 1. The van der Waals surface area contributed by atoms with Crippen LogP contribution in [0.15, 0.2) is 42.7 Å². The van der Waals surface area contributed by atoms with Crippen molar-refractivity contribution in [3.05, 3.63) is 42.7 Å². The molecule has 2 rings (SSSR count). The topological polar surface area (TPSA) is 82.2 Å². The molecule has 0 saturated heterocycles. The Labute approximate surface area is 117 Å². The molecule has 0 radical (unpaired) electrons. The molecule has 0 aliphatic heterocycles. The van der Waals surface area contributed by atoms with Crippen LogP contribution in [0, 0.1) is 0 Å². The number of nitrogen functional groups attached to an aromatic ring is 1. The van der Waals surface area contributed by atoms with Crippen LogP contribution in [0.25, 0.3) is 0 Å². The van der Waals surface area contributed by atoms with E-state index in [1.807, 2.05) is 19.2 Å². The maximum absolute atomic E-state index is 11.7. The van der Waals surface area contributed by atoms with E-state index in [0.717, 1.165) is 0 Å². The maximum Gasteiger partial charge on any atom is 0.258 e. The third-order valence-electron chi connectivity index (χ3n) is 2.66. The summed E-state index contributed by atoms with van der Waals surface area (Å²) in [6, 6.07) is 8.81. The molecule has 1 atom stereocenters. The number of nitrogens with zero attached hydrogens (tertiary/aromatic N) is 2. The minimum Gasteiger partial charge on any atom is -0.484 e. The Morgan fingerprint density at radius 2 is 2.35 bits per heavy atom. The Balaban J connectivity index is 1.75. The van der Waals surface area contributed by atoms with Crippen LogP contribution in [-0.4, -0.2) is 28.3 Å². The summed E-state index contributed by atoms with van der Waals surface area (Å²) in [6.07, 6.45) is 3.56. The zero-order valence-corrected chi connectivity index (χ0v) is 11.3. The summed E-state index contributed by atoms with van der Waals surface area (Å²) in [5, 5.41) is 6.93. The Hall–Kier alpha value is -2.50. The third kappa shape index (κ3) is 4.31. The van der Waals surface area contributed by atoms with Crippen molar-refractivity contribution in [1.29, 1.82) is 0 Å². The van der Waals surface area contributed by atoms with Crippen LogP contribution in [-0.2, 0) is 11.3 Å². The Kier molecular flexibility index (Phi) is 4.60. The first-order valence-corrected chi connectivity index (χ1v) is 6.38. The number of hydrogen-bond donors (Lipinski definition) is 2. The monoisotopic (exact) mass is 274 g/mol. The van der Waals surface area contributed by atoms with E-state index in [9.17, 15) is 4.79 Å². The predicted octanol–water partition coefficient (Wildman–Crippen LogP) is 1.05. The van der Waals surface area contributed by atoms with Crippen molar-refractivity contribution in [3.63, 3.8) is 0 Å². The average Bonchev–Trinajstić information content (AvgIpc) is 2.89. The smallest absolute Gasteiger partial charge is 0.258 e. The maximum atomic E-state index is 11.7. The van der Waals surface area contributed by atoms with Gasteiger partial charge < -0.3 is 15.8 Å². The molecule has 2 aromatic rings. The second-order valence-corrected chi connectivity index (χ2v) is 4.56. The van der Waals surface area contributed by atoms with Gasteiger partial charge >= 0.3 is 0 Å². The van der Waals surface area contributed by atoms with Gasteiger partial charge in [-0.3, -0.25) is 9.48 Å². The van der Waals surface area contributed by atoms with Gasteiger partial charge in [-0.05, 0) is 25.1 Å². The number of rotatable bonds is 6. The quantitative estimate of drug-likeness (QED) is 0.771. The van der Waals surface area contributed by atoms with Crippen LogP contribution in [0.2, 0.25) is 0 Å². The van der Waals surface area contributed by atoms with E-state index in [-0.39, 0.29) is 18.6 Å². The summed E-state index contributed by atoms with van der Waals surface area (Å²) in [5.41, 5.74) is 6.24. The third-order valence-corrected chi connectivity index (χ3v) is 2.66. The van der Waals surface area contributed by atoms with Crippen LogP contribution < -0.4 is 15.8 Å². The minimum atomic E-state index is -0.174. The number of nitrogens with one attached hydrogen (secondary N) is 1. The van der Waals surface area contributed by atoms with E-state index in [1.165, 1.54) is 0 Å². The molecule has 1 heterocycles. The molecule has 106 valence electrons. The number of ether oxygens (including phenoxy) is 1. The van der Waals surface area contributed by atoms with Crippen molar-refractivity contribution in [3.8, 4) is 5.75 Å². The molecule has 0 aliphatic rings. The van der Waals surface area contributed by atoms with Crippen LogP contribution in [0.5, 0.6) is 5.75 Å². The van der Waals surface area contributed by atoms with Crippen LogP contribution in [0.1, 0.15) is 6.92 Å². The van der Waals surface area contributed by atoms with Gasteiger partial charge in [0, 0.05) is 30.2 Å². The number of hydrogen-bond acceptors (Lipinski definition) is 4. The first kappa shape index (κ1) is 13.9. The number of carbonyl (C=O) groups is 1. The molecule has 1 amide bonds. The molecule has 0 aliphatic carbocycles. The van der Waals surface area contributed by atoms with Gasteiger partial charge in [0.2, 0.25) is 0 Å². The Morgan fingerprint density at radius 1 is 1.50 bits per heavy atom. The van der Waals surface area contributed by atoms with Crippen LogP contribution in [0.3, 0.4) is 0 Å². The van der Waals surface area contributed by atoms with Crippen LogP contribution in [0.4, 0.5) is 5.69 Å². The molecule has 6 heteroatoms. The predicted molar refractivity (Wildman–Crippen MR) is 76.2 cm³/mol. The van der Waals surface area contributed by atoms with E-state index in [4.69, 9.17) is 10.5 Å². The fraction of sp³-hybridized carbons (Fsp3) is 0.286. The largest absolute Gasteiger partial charge is 0.484 e. The zero-order chi connectivity index (χ0) is 14.4. The lowest BCUT2D eigenvalue weighted by Crippen LogP contribution is -2.38. The van der Waals surface area contributed by atoms with Crippen molar-refractivity contribution in [2.75, 3.05) is 12.3 Å². The van der Waals surface area contributed by atoms with Crippen LogP contribution >= 0.6 is 0 Å². The summed E-state index contributed by atoms with van der Waals surface area (Å²) in [7, 11) is 0. The van der Waals surface area contributed by atoms with Gasteiger partial charge in [0.25, 0.3) is 5.91 Å². The summed E-state index contributed by atoms with van der Waals surface area (Å²) >= 11 is 0. The van der Waals surface area contributed by atoms with Gasteiger partial charge in [0.1, 0.15) is 5.75 Å². The SMILES string of the molecule is CC(Cn1cccn1)NC(=O)COc1cccc(N)c1. The molecule has 0 spiro atoms. The highest BCUT2D eigenvalue weighted by Crippen LogP contribution is 2.13. The molecular formula is C14H18N4O2. The van der Waals surface area contributed by atoms with Crippen molar-refractivity contribution >= 4 is 11.6 Å². The lowest BCUT2D eigenvalue weighted by Gasteiger charge is -2.14. The van der Waals surface area contributed by atoms with Gasteiger partial charge in [-0.25, -0.2) is 0 Å². The van der Waals surface area contributed by atoms with Crippen molar-refractivity contribution in [1.82, 2.24) is 15.1 Å². The Morgan fingerprint density at radius 3 is 3.05 bits per heavy atom. The van der Waals surface area contributed by atoms with E-state index in [0.29, 0.717) is 18.0 Å². The van der Waals surface area contributed by atoms with Gasteiger partial charge in [-0.2, -0.15) is 5.10 Å². The molecule has 0 saturated carbocycles. The van der Waals surface area contributed by atoms with E-state index in [2.05, 4.69) is 10.4 Å². The molecule has 0 bridgehead atoms. The summed E-state index contributed by atoms with van der Waals surface area (Å²) < 4.78 is 7.14.